The standard InChI is InChI=1S/C31H29N7O/c1-4-19-14-35-26-6-5-21(22-11-23(15-33-13-22)36-31(39)18(2)3)12-24(26)28(19)30-37-27-17-34-16-25(29(27)38-30)20-7-9-32-10-8-20/h5-13,15-18,35H,4,14H2,1-3H3,(H,36,39)(H,37,38). The highest BCUT2D eigenvalue weighted by Gasteiger charge is 2.23. The number of imidazole rings is 1. The number of carbonyl (C=O) groups is 1. The van der Waals surface area contributed by atoms with Gasteiger partial charge in [-0.05, 0) is 53.5 Å². The number of hydrogen-bond acceptors (Lipinski definition) is 6. The molecular formula is C31H29N7O. The smallest absolute Gasteiger partial charge is 0.226 e. The van der Waals surface area contributed by atoms with Crippen LogP contribution in [-0.4, -0.2) is 37.4 Å². The summed E-state index contributed by atoms with van der Waals surface area (Å²) >= 11 is 0. The first-order valence-corrected chi connectivity index (χ1v) is 13.1. The van der Waals surface area contributed by atoms with E-state index in [9.17, 15) is 4.79 Å². The molecule has 8 heteroatoms. The number of pyridine rings is 3. The monoisotopic (exact) mass is 515 g/mol. The van der Waals surface area contributed by atoms with Crippen molar-refractivity contribution < 1.29 is 4.79 Å². The minimum absolute atomic E-state index is 0.0353. The molecule has 0 saturated heterocycles. The minimum Gasteiger partial charge on any atom is -0.381 e. The van der Waals surface area contributed by atoms with Crippen LogP contribution in [0.3, 0.4) is 0 Å². The Kier molecular flexibility index (Phi) is 6.36. The number of nitrogens with zero attached hydrogens (tertiary/aromatic N) is 4. The topological polar surface area (TPSA) is 108 Å². The molecule has 4 aromatic heterocycles. The second-order valence-electron chi connectivity index (χ2n) is 9.96. The molecule has 0 aliphatic carbocycles. The summed E-state index contributed by atoms with van der Waals surface area (Å²) in [6.45, 7) is 6.67. The maximum atomic E-state index is 12.2. The van der Waals surface area contributed by atoms with Gasteiger partial charge in [-0.25, -0.2) is 4.98 Å². The zero-order valence-corrected chi connectivity index (χ0v) is 22.1. The van der Waals surface area contributed by atoms with Crippen molar-refractivity contribution in [2.24, 2.45) is 5.92 Å². The third kappa shape index (κ3) is 4.65. The van der Waals surface area contributed by atoms with Gasteiger partial charge < -0.3 is 15.6 Å². The summed E-state index contributed by atoms with van der Waals surface area (Å²) in [5, 5.41) is 6.52. The van der Waals surface area contributed by atoms with Crippen molar-refractivity contribution in [2.75, 3.05) is 17.2 Å². The zero-order valence-electron chi connectivity index (χ0n) is 22.1. The lowest BCUT2D eigenvalue weighted by Crippen LogP contribution is -2.17. The van der Waals surface area contributed by atoms with Crippen LogP contribution in [0.4, 0.5) is 11.4 Å². The Morgan fingerprint density at radius 1 is 0.923 bits per heavy atom. The first kappa shape index (κ1) is 24.5. The fraction of sp³-hybridized carbons (Fsp3) is 0.194. The average molecular weight is 516 g/mol. The summed E-state index contributed by atoms with van der Waals surface area (Å²) in [5.41, 5.74) is 10.9. The summed E-state index contributed by atoms with van der Waals surface area (Å²) in [4.78, 5) is 33.9. The molecule has 3 N–H and O–H groups in total. The quantitative estimate of drug-likeness (QED) is 0.244. The third-order valence-corrected chi connectivity index (χ3v) is 7.05. The molecule has 0 spiro atoms. The molecular weight excluding hydrogens is 486 g/mol. The predicted molar refractivity (Wildman–Crippen MR) is 155 cm³/mol. The number of aromatic amines is 1. The molecule has 5 heterocycles. The lowest BCUT2D eigenvalue weighted by Gasteiger charge is -2.24. The van der Waals surface area contributed by atoms with E-state index in [1.54, 1.807) is 18.6 Å². The Morgan fingerprint density at radius 3 is 2.54 bits per heavy atom. The van der Waals surface area contributed by atoms with Crippen LogP contribution in [0, 0.1) is 5.92 Å². The number of nitrogens with one attached hydrogen (secondary N) is 3. The molecule has 0 saturated carbocycles. The number of aromatic nitrogens is 5. The molecule has 0 fully saturated rings. The lowest BCUT2D eigenvalue weighted by atomic mass is 9.90. The van der Waals surface area contributed by atoms with E-state index in [2.05, 4.69) is 55.7 Å². The molecule has 194 valence electrons. The fourth-order valence-corrected chi connectivity index (χ4v) is 4.91. The van der Waals surface area contributed by atoms with Crippen LogP contribution in [-0.2, 0) is 4.79 Å². The molecule has 1 aromatic carbocycles. The molecule has 5 aromatic rings. The Labute approximate surface area is 226 Å². The SMILES string of the molecule is CCC1=C(c2nc3c(-c4ccncc4)cncc3[nH]2)c2cc(-c3cncc(NC(=O)C(C)C)c3)ccc2NC1. The highest BCUT2D eigenvalue weighted by Crippen LogP contribution is 2.39. The molecule has 0 unspecified atom stereocenters. The van der Waals surface area contributed by atoms with Gasteiger partial charge in [-0.2, -0.15) is 0 Å². The molecule has 8 nitrogen and oxygen atoms in total. The van der Waals surface area contributed by atoms with Crippen molar-refractivity contribution in [3.63, 3.8) is 0 Å². The summed E-state index contributed by atoms with van der Waals surface area (Å²) in [6.07, 6.45) is 11.6. The Hall–Kier alpha value is -4.85. The largest absolute Gasteiger partial charge is 0.381 e. The van der Waals surface area contributed by atoms with Crippen LogP contribution in [0.15, 0.2) is 79.2 Å². The van der Waals surface area contributed by atoms with Gasteiger partial charge in [0, 0.05) is 65.2 Å². The van der Waals surface area contributed by atoms with Crippen molar-refractivity contribution >= 4 is 33.9 Å². The van der Waals surface area contributed by atoms with Crippen molar-refractivity contribution in [1.29, 1.82) is 0 Å². The van der Waals surface area contributed by atoms with Crippen molar-refractivity contribution in [3.05, 3.63) is 90.5 Å². The second-order valence-corrected chi connectivity index (χ2v) is 9.96. The highest BCUT2D eigenvalue weighted by atomic mass is 16.1. The van der Waals surface area contributed by atoms with Gasteiger partial charge in [-0.15, -0.1) is 0 Å². The first-order chi connectivity index (χ1) is 19.0. The van der Waals surface area contributed by atoms with E-state index in [1.165, 1.54) is 5.57 Å². The predicted octanol–water partition coefficient (Wildman–Crippen LogP) is 6.31. The number of H-pyrrole nitrogens is 1. The number of anilines is 2. The number of fused-ring (bicyclic) bond motifs is 2. The normalized spacial score (nSPS) is 12.9. The van der Waals surface area contributed by atoms with E-state index >= 15 is 0 Å². The van der Waals surface area contributed by atoms with Crippen LogP contribution in [0.25, 0.3) is 38.9 Å². The fourth-order valence-electron chi connectivity index (χ4n) is 4.91. The summed E-state index contributed by atoms with van der Waals surface area (Å²) in [6, 6.07) is 12.3. The molecule has 39 heavy (non-hydrogen) atoms. The van der Waals surface area contributed by atoms with Crippen LogP contribution < -0.4 is 10.6 Å². The molecule has 1 amide bonds. The Bertz CT molecular complexity index is 1720. The number of carbonyl (C=O) groups excluding carboxylic acids is 1. The van der Waals surface area contributed by atoms with Gasteiger partial charge in [0.25, 0.3) is 0 Å². The highest BCUT2D eigenvalue weighted by molar-refractivity contribution is 5.97. The summed E-state index contributed by atoms with van der Waals surface area (Å²) in [5.74, 6) is 0.676. The van der Waals surface area contributed by atoms with E-state index in [4.69, 9.17) is 4.98 Å². The van der Waals surface area contributed by atoms with Gasteiger partial charge in [0.15, 0.2) is 0 Å². The van der Waals surface area contributed by atoms with Gasteiger partial charge in [-0.1, -0.05) is 26.8 Å². The number of benzene rings is 1. The first-order valence-electron chi connectivity index (χ1n) is 13.1. The van der Waals surface area contributed by atoms with Gasteiger partial charge in [0.05, 0.1) is 29.1 Å². The van der Waals surface area contributed by atoms with E-state index in [0.29, 0.717) is 5.69 Å². The van der Waals surface area contributed by atoms with E-state index in [0.717, 1.165) is 68.9 Å². The number of rotatable bonds is 6. The molecule has 0 radical (unpaired) electrons. The van der Waals surface area contributed by atoms with Gasteiger partial charge in [0.2, 0.25) is 5.91 Å². The average Bonchev–Trinajstić information content (AvgIpc) is 3.41. The molecule has 1 aliphatic heterocycles. The second kappa shape index (κ2) is 10.1. The van der Waals surface area contributed by atoms with Crippen LogP contribution in [0.2, 0.25) is 0 Å². The number of amides is 1. The number of hydrogen-bond donors (Lipinski definition) is 3. The van der Waals surface area contributed by atoms with Crippen LogP contribution >= 0.6 is 0 Å². The lowest BCUT2D eigenvalue weighted by molar-refractivity contribution is -0.118. The Morgan fingerprint density at radius 2 is 1.74 bits per heavy atom. The summed E-state index contributed by atoms with van der Waals surface area (Å²) < 4.78 is 0. The molecule has 1 aliphatic rings. The third-order valence-electron chi connectivity index (χ3n) is 7.05. The minimum atomic E-state index is -0.110. The maximum Gasteiger partial charge on any atom is 0.226 e. The van der Waals surface area contributed by atoms with Crippen LogP contribution in [0.5, 0.6) is 0 Å². The van der Waals surface area contributed by atoms with Gasteiger partial charge >= 0.3 is 0 Å². The zero-order chi connectivity index (χ0) is 26.9. The molecule has 6 rings (SSSR count). The van der Waals surface area contributed by atoms with E-state index in [-0.39, 0.29) is 11.8 Å². The van der Waals surface area contributed by atoms with Crippen molar-refractivity contribution in [3.8, 4) is 22.3 Å². The summed E-state index contributed by atoms with van der Waals surface area (Å²) in [7, 11) is 0. The van der Waals surface area contributed by atoms with E-state index < -0.39 is 0 Å². The Balaban J connectivity index is 1.45. The van der Waals surface area contributed by atoms with Crippen LogP contribution in [0.1, 0.15) is 38.6 Å². The maximum absolute atomic E-state index is 12.2. The van der Waals surface area contributed by atoms with E-state index in [1.807, 2.05) is 50.6 Å². The van der Waals surface area contributed by atoms with Crippen molar-refractivity contribution in [2.45, 2.75) is 27.2 Å². The van der Waals surface area contributed by atoms with Gasteiger partial charge in [0.1, 0.15) is 5.82 Å². The van der Waals surface area contributed by atoms with Gasteiger partial charge in [-0.3, -0.25) is 19.7 Å². The molecule has 0 bridgehead atoms. The molecule has 0 atom stereocenters. The van der Waals surface area contributed by atoms with Crippen molar-refractivity contribution in [1.82, 2.24) is 24.9 Å².